The Morgan fingerprint density at radius 2 is 2.20 bits per heavy atom. The van der Waals surface area contributed by atoms with E-state index in [9.17, 15) is 4.79 Å². The molecule has 2 nitrogen and oxygen atoms in total. The fourth-order valence-corrected chi connectivity index (χ4v) is 2.80. The quantitative estimate of drug-likeness (QED) is 0.789. The maximum Gasteiger partial charge on any atom is 0.220 e. The number of nitrogens with one attached hydrogen (secondary N) is 1. The zero-order valence-electron chi connectivity index (χ0n) is 9.67. The third-order valence-electron chi connectivity index (χ3n) is 2.14. The molecule has 0 bridgehead atoms. The summed E-state index contributed by atoms with van der Waals surface area (Å²) in [6, 6.07) is 5.13. The molecule has 0 spiro atoms. The number of hydrogen-bond acceptors (Lipinski definition) is 2. The first-order chi connectivity index (χ1) is 6.97. The average molecular weight is 241 g/mol. The Bertz CT molecular complexity index is 303. The molecule has 0 aromatic carbocycles. The molecule has 4 heteroatoms. The Labute approximate surface area is 96.7 Å². The molecule has 0 saturated carbocycles. The summed E-state index contributed by atoms with van der Waals surface area (Å²) < 4.78 is 0. The Kier molecular flexibility index (Phi) is 4.54. The first kappa shape index (κ1) is 12.5. The van der Waals surface area contributed by atoms with E-state index >= 15 is 0 Å². The van der Waals surface area contributed by atoms with Crippen molar-refractivity contribution < 1.29 is 4.79 Å². The van der Waals surface area contributed by atoms with Crippen LogP contribution in [0.25, 0.3) is 0 Å². The van der Waals surface area contributed by atoms with E-state index in [-0.39, 0.29) is 5.91 Å². The molecule has 1 aromatic rings. The highest BCUT2D eigenvalue weighted by molar-refractivity contribution is 7.09. The van der Waals surface area contributed by atoms with Gasteiger partial charge in [-0.15, -0.1) is 11.3 Å². The second kappa shape index (κ2) is 5.46. The maximum atomic E-state index is 11.5. The van der Waals surface area contributed by atoms with Crippen LogP contribution in [0.3, 0.4) is 0 Å². The molecular formula is C11H19NOSSi. The van der Waals surface area contributed by atoms with Crippen LogP contribution in [0.4, 0.5) is 0 Å². The van der Waals surface area contributed by atoms with Crippen LogP contribution in [0, 0.1) is 0 Å². The molecule has 0 fully saturated rings. The lowest BCUT2D eigenvalue weighted by Gasteiger charge is -2.14. The molecule has 1 heterocycles. The Morgan fingerprint density at radius 3 is 2.73 bits per heavy atom. The lowest BCUT2D eigenvalue weighted by Crippen LogP contribution is -2.26. The van der Waals surface area contributed by atoms with Crippen LogP contribution in [-0.4, -0.2) is 14.0 Å². The van der Waals surface area contributed by atoms with E-state index in [4.69, 9.17) is 0 Å². The van der Waals surface area contributed by atoms with Crippen LogP contribution >= 0.6 is 11.3 Å². The van der Waals surface area contributed by atoms with E-state index in [2.05, 4.69) is 25.0 Å². The van der Waals surface area contributed by atoms with Gasteiger partial charge in [-0.25, -0.2) is 0 Å². The normalized spacial score (nSPS) is 11.4. The SMILES string of the molecule is C[Si](C)(C)CCC(=O)NCc1cccs1. The van der Waals surface area contributed by atoms with Gasteiger partial charge in [0.25, 0.3) is 0 Å². The minimum absolute atomic E-state index is 0.186. The van der Waals surface area contributed by atoms with Gasteiger partial charge in [-0.05, 0) is 17.5 Å². The number of hydrogen-bond donors (Lipinski definition) is 1. The molecule has 0 aliphatic heterocycles. The van der Waals surface area contributed by atoms with Gasteiger partial charge in [0.1, 0.15) is 0 Å². The van der Waals surface area contributed by atoms with Crippen molar-refractivity contribution in [2.24, 2.45) is 0 Å². The van der Waals surface area contributed by atoms with Gasteiger partial charge in [-0.1, -0.05) is 25.7 Å². The second-order valence-corrected chi connectivity index (χ2v) is 11.6. The Balaban J connectivity index is 2.20. The van der Waals surface area contributed by atoms with Crippen molar-refractivity contribution in [1.82, 2.24) is 5.32 Å². The van der Waals surface area contributed by atoms with E-state index < -0.39 is 8.07 Å². The van der Waals surface area contributed by atoms with Crippen molar-refractivity contribution >= 4 is 25.3 Å². The van der Waals surface area contributed by atoms with E-state index in [0.717, 1.165) is 6.04 Å². The van der Waals surface area contributed by atoms with E-state index in [0.29, 0.717) is 13.0 Å². The minimum atomic E-state index is -1.07. The van der Waals surface area contributed by atoms with Crippen LogP contribution < -0.4 is 5.32 Å². The molecule has 84 valence electrons. The summed E-state index contributed by atoms with van der Waals surface area (Å²) in [6.07, 6.45) is 0.682. The molecule has 1 amide bonds. The zero-order valence-corrected chi connectivity index (χ0v) is 11.5. The Hall–Kier alpha value is -0.613. The van der Waals surface area contributed by atoms with Crippen molar-refractivity contribution in [3.63, 3.8) is 0 Å². The van der Waals surface area contributed by atoms with Gasteiger partial charge in [0, 0.05) is 19.4 Å². The van der Waals surface area contributed by atoms with E-state index in [1.165, 1.54) is 4.88 Å². The fraction of sp³-hybridized carbons (Fsp3) is 0.545. The summed E-state index contributed by atoms with van der Waals surface area (Å²) in [5, 5.41) is 4.98. The average Bonchev–Trinajstić information content (AvgIpc) is 2.62. The van der Waals surface area contributed by atoms with Crippen LogP contribution in [0.2, 0.25) is 25.7 Å². The first-order valence-electron chi connectivity index (χ1n) is 5.26. The third-order valence-corrected chi connectivity index (χ3v) is 4.77. The molecule has 1 rings (SSSR count). The topological polar surface area (TPSA) is 29.1 Å². The minimum Gasteiger partial charge on any atom is -0.351 e. The largest absolute Gasteiger partial charge is 0.351 e. The van der Waals surface area contributed by atoms with Gasteiger partial charge in [-0.3, -0.25) is 4.79 Å². The van der Waals surface area contributed by atoms with Gasteiger partial charge in [0.05, 0.1) is 6.54 Å². The number of amides is 1. The van der Waals surface area contributed by atoms with E-state index in [1.54, 1.807) is 11.3 Å². The zero-order chi connectivity index (χ0) is 11.3. The molecular weight excluding hydrogens is 222 g/mol. The van der Waals surface area contributed by atoms with Crippen LogP contribution in [0.1, 0.15) is 11.3 Å². The predicted octanol–water partition coefficient (Wildman–Crippen LogP) is 3.09. The molecule has 1 aromatic heterocycles. The molecule has 0 saturated heterocycles. The monoisotopic (exact) mass is 241 g/mol. The smallest absolute Gasteiger partial charge is 0.220 e. The van der Waals surface area contributed by atoms with Gasteiger partial charge < -0.3 is 5.32 Å². The summed E-state index contributed by atoms with van der Waals surface area (Å²) >= 11 is 1.68. The molecule has 1 N–H and O–H groups in total. The summed E-state index contributed by atoms with van der Waals surface area (Å²) in [5.41, 5.74) is 0. The molecule has 0 radical (unpaired) electrons. The van der Waals surface area contributed by atoms with Crippen LogP contribution in [0.15, 0.2) is 17.5 Å². The van der Waals surface area contributed by atoms with Gasteiger partial charge in [-0.2, -0.15) is 0 Å². The lowest BCUT2D eigenvalue weighted by molar-refractivity contribution is -0.120. The maximum absolute atomic E-state index is 11.5. The van der Waals surface area contributed by atoms with Crippen molar-refractivity contribution in [3.8, 4) is 0 Å². The number of rotatable bonds is 5. The molecule has 15 heavy (non-hydrogen) atoms. The summed E-state index contributed by atoms with van der Waals surface area (Å²) in [6.45, 7) is 7.56. The van der Waals surface area contributed by atoms with Crippen molar-refractivity contribution in [3.05, 3.63) is 22.4 Å². The van der Waals surface area contributed by atoms with Crippen molar-refractivity contribution in [1.29, 1.82) is 0 Å². The molecule has 0 atom stereocenters. The fourth-order valence-electron chi connectivity index (χ4n) is 1.18. The first-order valence-corrected chi connectivity index (χ1v) is 9.85. The molecule has 0 aliphatic rings. The lowest BCUT2D eigenvalue weighted by atomic mass is 10.4. The summed E-state index contributed by atoms with van der Waals surface area (Å²) in [5.74, 6) is 0.186. The van der Waals surface area contributed by atoms with E-state index in [1.807, 2.05) is 17.5 Å². The Morgan fingerprint density at radius 1 is 1.47 bits per heavy atom. The highest BCUT2D eigenvalue weighted by Crippen LogP contribution is 2.11. The highest BCUT2D eigenvalue weighted by Gasteiger charge is 2.14. The number of thiophene rings is 1. The highest BCUT2D eigenvalue weighted by atomic mass is 32.1. The molecule has 0 aliphatic carbocycles. The van der Waals surface area contributed by atoms with Gasteiger partial charge in [0.2, 0.25) is 5.91 Å². The molecule has 0 unspecified atom stereocenters. The summed E-state index contributed by atoms with van der Waals surface area (Å²) in [7, 11) is -1.07. The second-order valence-electron chi connectivity index (χ2n) is 4.92. The third kappa shape index (κ3) is 5.74. The van der Waals surface area contributed by atoms with Crippen LogP contribution in [0.5, 0.6) is 0 Å². The number of carbonyl (C=O) groups excluding carboxylic acids is 1. The predicted molar refractivity (Wildman–Crippen MR) is 68.9 cm³/mol. The van der Waals surface area contributed by atoms with Crippen LogP contribution in [-0.2, 0) is 11.3 Å². The van der Waals surface area contributed by atoms with Gasteiger partial charge >= 0.3 is 0 Å². The number of carbonyl (C=O) groups is 1. The van der Waals surface area contributed by atoms with Crippen molar-refractivity contribution in [2.75, 3.05) is 0 Å². The van der Waals surface area contributed by atoms with Gasteiger partial charge in [0.15, 0.2) is 0 Å². The summed E-state index contributed by atoms with van der Waals surface area (Å²) in [4.78, 5) is 12.7. The van der Waals surface area contributed by atoms with Crippen molar-refractivity contribution in [2.45, 2.75) is 38.7 Å². The standard InChI is InChI=1S/C11H19NOSSi/c1-15(2,3)8-6-11(13)12-9-10-5-4-7-14-10/h4-5,7H,6,8-9H2,1-3H3,(H,12,13).